The number of urea groups is 1. The number of aromatic nitrogens is 1. The predicted octanol–water partition coefficient (Wildman–Crippen LogP) is 2.85. The fraction of sp³-hybridized carbons (Fsp3) is 0.455. The van der Waals surface area contributed by atoms with Crippen molar-refractivity contribution >= 4 is 23.3 Å². The van der Waals surface area contributed by atoms with E-state index in [0.717, 1.165) is 0 Å². The van der Waals surface area contributed by atoms with E-state index in [1.54, 1.807) is 30.3 Å². The zero-order valence-electron chi connectivity index (χ0n) is 9.70. The Balaban J connectivity index is 2.57. The molecule has 88 valence electrons. The van der Waals surface area contributed by atoms with Crippen LogP contribution in [0.2, 0.25) is 5.15 Å². The van der Waals surface area contributed by atoms with Crippen LogP contribution in [0.25, 0.3) is 0 Å². The van der Waals surface area contributed by atoms with Crippen molar-refractivity contribution in [3.63, 3.8) is 0 Å². The first-order chi connectivity index (χ1) is 7.49. The van der Waals surface area contributed by atoms with Gasteiger partial charge in [0.2, 0.25) is 0 Å². The zero-order valence-corrected chi connectivity index (χ0v) is 10.5. The molecule has 5 heteroatoms. The molecule has 0 unspecified atom stereocenters. The molecule has 1 heterocycles. The monoisotopic (exact) mass is 241 g/mol. The summed E-state index contributed by atoms with van der Waals surface area (Å²) >= 11 is 5.72. The Labute approximate surface area is 101 Å². The van der Waals surface area contributed by atoms with Crippen LogP contribution in [-0.2, 0) is 0 Å². The molecule has 16 heavy (non-hydrogen) atoms. The minimum absolute atomic E-state index is 0.143. The van der Waals surface area contributed by atoms with Gasteiger partial charge in [-0.25, -0.2) is 9.78 Å². The third-order valence-corrected chi connectivity index (χ3v) is 2.17. The van der Waals surface area contributed by atoms with Gasteiger partial charge in [-0.15, -0.1) is 0 Å². The van der Waals surface area contributed by atoms with Crippen LogP contribution in [-0.4, -0.2) is 29.5 Å². The molecule has 0 fully saturated rings. The van der Waals surface area contributed by atoms with Gasteiger partial charge in [0.05, 0.1) is 0 Å². The number of halogens is 1. The summed E-state index contributed by atoms with van der Waals surface area (Å²) in [6, 6.07) is 3.17. The Kier molecular flexibility index (Phi) is 4.55. The van der Waals surface area contributed by atoms with E-state index in [0.29, 0.717) is 23.3 Å². The average molecular weight is 242 g/mol. The number of nitrogens with one attached hydrogen (secondary N) is 1. The fourth-order valence-corrected chi connectivity index (χ4v) is 1.50. The van der Waals surface area contributed by atoms with Gasteiger partial charge in [-0.3, -0.25) is 0 Å². The second kappa shape index (κ2) is 5.70. The summed E-state index contributed by atoms with van der Waals surface area (Å²) in [5.74, 6) is 0.441. The number of hydrogen-bond acceptors (Lipinski definition) is 2. The molecule has 2 amide bonds. The summed E-state index contributed by atoms with van der Waals surface area (Å²) in [6.45, 7) is 4.84. The van der Waals surface area contributed by atoms with Crippen LogP contribution in [0, 0.1) is 5.92 Å². The van der Waals surface area contributed by atoms with Crippen molar-refractivity contribution in [1.29, 1.82) is 0 Å². The molecular formula is C11H16ClN3O. The highest BCUT2D eigenvalue weighted by molar-refractivity contribution is 6.29. The maximum Gasteiger partial charge on any atom is 0.321 e. The second-order valence-corrected chi connectivity index (χ2v) is 4.46. The van der Waals surface area contributed by atoms with Gasteiger partial charge >= 0.3 is 6.03 Å². The van der Waals surface area contributed by atoms with Crippen molar-refractivity contribution in [3.05, 3.63) is 23.5 Å². The number of nitrogens with zero attached hydrogens (tertiary/aromatic N) is 2. The summed E-state index contributed by atoms with van der Waals surface area (Å²) in [5.41, 5.74) is 0.653. The molecule has 0 aliphatic rings. The summed E-state index contributed by atoms with van der Waals surface area (Å²) < 4.78 is 0. The van der Waals surface area contributed by atoms with E-state index >= 15 is 0 Å². The molecule has 4 nitrogen and oxygen atoms in total. The van der Waals surface area contributed by atoms with Gasteiger partial charge in [-0.1, -0.05) is 25.4 Å². The SMILES string of the molecule is CC(C)CN(C)C(=O)Nc1ccnc(Cl)c1. The van der Waals surface area contributed by atoms with Crippen molar-refractivity contribution in [2.24, 2.45) is 5.92 Å². The Bertz CT molecular complexity index is 368. The zero-order chi connectivity index (χ0) is 12.1. The molecule has 0 saturated heterocycles. The van der Waals surface area contributed by atoms with Gasteiger partial charge in [-0.05, 0) is 18.1 Å². The molecule has 0 aromatic carbocycles. The Morgan fingerprint density at radius 3 is 2.88 bits per heavy atom. The molecule has 1 aromatic rings. The lowest BCUT2D eigenvalue weighted by Gasteiger charge is -2.19. The molecule has 1 rings (SSSR count). The minimum atomic E-state index is -0.143. The molecule has 1 N–H and O–H groups in total. The molecule has 0 radical (unpaired) electrons. The lowest BCUT2D eigenvalue weighted by atomic mass is 10.2. The van der Waals surface area contributed by atoms with Crippen molar-refractivity contribution in [1.82, 2.24) is 9.88 Å². The first-order valence-corrected chi connectivity index (χ1v) is 5.50. The molecule has 0 aliphatic heterocycles. The average Bonchev–Trinajstić information content (AvgIpc) is 2.16. The number of carbonyl (C=O) groups is 1. The second-order valence-electron chi connectivity index (χ2n) is 4.07. The Morgan fingerprint density at radius 2 is 2.31 bits per heavy atom. The van der Waals surface area contributed by atoms with Gasteiger partial charge in [0, 0.05) is 25.5 Å². The standard InChI is InChI=1S/C11H16ClN3O/c1-8(2)7-15(3)11(16)14-9-4-5-13-10(12)6-9/h4-6,8H,7H2,1-3H3,(H,13,14,16). The van der Waals surface area contributed by atoms with Crippen molar-refractivity contribution < 1.29 is 4.79 Å². The highest BCUT2D eigenvalue weighted by atomic mass is 35.5. The van der Waals surface area contributed by atoms with Crippen LogP contribution in [0.3, 0.4) is 0 Å². The molecular weight excluding hydrogens is 226 g/mol. The van der Waals surface area contributed by atoms with Crippen LogP contribution in [0.4, 0.5) is 10.5 Å². The summed E-state index contributed by atoms with van der Waals surface area (Å²) in [6.07, 6.45) is 1.56. The van der Waals surface area contributed by atoms with Gasteiger partial charge < -0.3 is 10.2 Å². The van der Waals surface area contributed by atoms with Crippen molar-refractivity contribution in [2.45, 2.75) is 13.8 Å². The molecule has 0 aliphatic carbocycles. The van der Waals surface area contributed by atoms with Gasteiger partial charge in [0.25, 0.3) is 0 Å². The highest BCUT2D eigenvalue weighted by Gasteiger charge is 2.10. The number of hydrogen-bond donors (Lipinski definition) is 1. The number of amides is 2. The first kappa shape index (κ1) is 12.8. The lowest BCUT2D eigenvalue weighted by molar-refractivity contribution is 0.217. The van der Waals surface area contributed by atoms with E-state index in [1.165, 1.54) is 0 Å². The third kappa shape index (κ3) is 4.06. The number of pyridine rings is 1. The lowest BCUT2D eigenvalue weighted by Crippen LogP contribution is -2.34. The van der Waals surface area contributed by atoms with Crippen molar-refractivity contribution in [2.75, 3.05) is 18.9 Å². The van der Waals surface area contributed by atoms with E-state index in [4.69, 9.17) is 11.6 Å². The highest BCUT2D eigenvalue weighted by Crippen LogP contribution is 2.12. The molecule has 0 spiro atoms. The number of anilines is 1. The summed E-state index contributed by atoms with van der Waals surface area (Å²) in [7, 11) is 1.76. The van der Waals surface area contributed by atoms with Crippen LogP contribution in [0.15, 0.2) is 18.3 Å². The number of carbonyl (C=O) groups excluding carboxylic acids is 1. The molecule has 1 aromatic heterocycles. The summed E-state index contributed by atoms with van der Waals surface area (Å²) in [5, 5.41) is 3.12. The molecule has 0 atom stereocenters. The first-order valence-electron chi connectivity index (χ1n) is 5.12. The van der Waals surface area contributed by atoms with Crippen LogP contribution < -0.4 is 5.32 Å². The summed E-state index contributed by atoms with van der Waals surface area (Å²) in [4.78, 5) is 17.2. The Hall–Kier alpha value is -1.29. The number of rotatable bonds is 3. The maximum atomic E-state index is 11.7. The normalized spacial score (nSPS) is 10.3. The van der Waals surface area contributed by atoms with Crippen LogP contribution >= 0.6 is 11.6 Å². The van der Waals surface area contributed by atoms with E-state index < -0.39 is 0 Å². The quantitative estimate of drug-likeness (QED) is 0.828. The van der Waals surface area contributed by atoms with Gasteiger partial charge in [0.1, 0.15) is 5.15 Å². The smallest absolute Gasteiger partial charge is 0.321 e. The Morgan fingerprint density at radius 1 is 1.62 bits per heavy atom. The van der Waals surface area contributed by atoms with Crippen LogP contribution in [0.1, 0.15) is 13.8 Å². The van der Waals surface area contributed by atoms with E-state index in [9.17, 15) is 4.79 Å². The van der Waals surface area contributed by atoms with Crippen molar-refractivity contribution in [3.8, 4) is 0 Å². The van der Waals surface area contributed by atoms with E-state index in [1.807, 2.05) is 0 Å². The fourth-order valence-electron chi connectivity index (χ4n) is 1.33. The van der Waals surface area contributed by atoms with Crippen LogP contribution in [0.5, 0.6) is 0 Å². The van der Waals surface area contributed by atoms with E-state index in [2.05, 4.69) is 24.1 Å². The predicted molar refractivity (Wildman–Crippen MR) is 65.7 cm³/mol. The van der Waals surface area contributed by atoms with E-state index in [-0.39, 0.29) is 6.03 Å². The molecule has 0 saturated carbocycles. The minimum Gasteiger partial charge on any atom is -0.327 e. The van der Waals surface area contributed by atoms with Gasteiger partial charge in [-0.2, -0.15) is 0 Å². The molecule has 0 bridgehead atoms. The topological polar surface area (TPSA) is 45.2 Å². The third-order valence-electron chi connectivity index (χ3n) is 1.96. The maximum absolute atomic E-state index is 11.7. The van der Waals surface area contributed by atoms with Gasteiger partial charge in [0.15, 0.2) is 0 Å². The largest absolute Gasteiger partial charge is 0.327 e.